The van der Waals surface area contributed by atoms with Crippen molar-refractivity contribution in [3.05, 3.63) is 39.9 Å². The van der Waals surface area contributed by atoms with Gasteiger partial charge in [-0.25, -0.2) is 4.79 Å². The molecule has 8 heteroatoms. The van der Waals surface area contributed by atoms with E-state index in [9.17, 15) is 24.8 Å². The zero-order valence-corrected chi connectivity index (χ0v) is 11.7. The van der Waals surface area contributed by atoms with Crippen molar-refractivity contribution >= 4 is 17.6 Å². The third-order valence-electron chi connectivity index (χ3n) is 3.42. The molecule has 1 amide bonds. The number of carbonyl (C=O) groups excluding carboxylic acids is 1. The van der Waals surface area contributed by atoms with Crippen LogP contribution in [0.25, 0.3) is 0 Å². The van der Waals surface area contributed by atoms with E-state index in [1.54, 1.807) is 0 Å². The van der Waals surface area contributed by atoms with E-state index in [1.807, 2.05) is 0 Å². The van der Waals surface area contributed by atoms with E-state index < -0.39 is 28.9 Å². The normalized spacial score (nSPS) is 18.6. The lowest BCUT2D eigenvalue weighted by molar-refractivity contribution is -0.384. The molecule has 0 saturated carbocycles. The van der Waals surface area contributed by atoms with Crippen molar-refractivity contribution in [3.63, 3.8) is 0 Å². The number of aliphatic carboxylic acids is 1. The predicted molar refractivity (Wildman–Crippen MR) is 75.3 cm³/mol. The van der Waals surface area contributed by atoms with Crippen molar-refractivity contribution in [3.8, 4) is 0 Å². The third-order valence-corrected chi connectivity index (χ3v) is 3.42. The number of ether oxygens (including phenoxy) is 1. The number of nitro groups is 1. The predicted octanol–water partition coefficient (Wildman–Crippen LogP) is 0.886. The molecule has 2 atom stereocenters. The van der Waals surface area contributed by atoms with Crippen LogP contribution in [0.15, 0.2) is 24.3 Å². The second kappa shape index (κ2) is 6.99. The van der Waals surface area contributed by atoms with Crippen LogP contribution in [0.3, 0.4) is 0 Å². The quantitative estimate of drug-likeness (QED) is 0.595. The van der Waals surface area contributed by atoms with E-state index in [4.69, 9.17) is 4.74 Å². The number of hydrogen-bond donors (Lipinski definition) is 2. The minimum Gasteiger partial charge on any atom is -0.480 e. The van der Waals surface area contributed by atoms with Gasteiger partial charge in [-0.05, 0) is 18.4 Å². The molecule has 0 radical (unpaired) electrons. The summed E-state index contributed by atoms with van der Waals surface area (Å²) in [5.74, 6) is -1.60. The van der Waals surface area contributed by atoms with E-state index in [0.717, 1.165) is 6.42 Å². The summed E-state index contributed by atoms with van der Waals surface area (Å²) in [7, 11) is 0. The maximum Gasteiger partial charge on any atom is 0.326 e. The lowest BCUT2D eigenvalue weighted by Gasteiger charge is -2.17. The van der Waals surface area contributed by atoms with Crippen molar-refractivity contribution < 1.29 is 24.4 Å². The molecule has 0 spiro atoms. The molecule has 0 aliphatic carbocycles. The Balaban J connectivity index is 2.00. The molecule has 1 saturated heterocycles. The number of nitrogens with one attached hydrogen (secondary N) is 1. The molecule has 1 aliphatic heterocycles. The maximum absolute atomic E-state index is 11.9. The van der Waals surface area contributed by atoms with E-state index in [0.29, 0.717) is 18.6 Å². The Kier molecular flexibility index (Phi) is 5.05. The van der Waals surface area contributed by atoms with E-state index >= 15 is 0 Å². The van der Waals surface area contributed by atoms with Crippen LogP contribution in [0.2, 0.25) is 0 Å². The lowest BCUT2D eigenvalue weighted by atomic mass is 10.1. The highest BCUT2D eigenvalue weighted by molar-refractivity contribution is 5.86. The van der Waals surface area contributed by atoms with Crippen LogP contribution in [0.4, 0.5) is 5.69 Å². The Bertz CT molecular complexity index is 565. The van der Waals surface area contributed by atoms with E-state index in [-0.39, 0.29) is 12.1 Å². The van der Waals surface area contributed by atoms with Crippen LogP contribution in [-0.4, -0.2) is 40.7 Å². The van der Waals surface area contributed by atoms with Crippen molar-refractivity contribution in [2.75, 3.05) is 6.61 Å². The smallest absolute Gasteiger partial charge is 0.326 e. The van der Waals surface area contributed by atoms with Gasteiger partial charge < -0.3 is 15.2 Å². The first-order chi connectivity index (χ1) is 10.5. The van der Waals surface area contributed by atoms with Gasteiger partial charge in [-0.3, -0.25) is 14.9 Å². The number of nitrogens with zero attached hydrogens (tertiary/aromatic N) is 1. The SMILES string of the molecule is O=C(O)[C@H](Cc1ccc([N+](=O)[O-])cc1)NC(=O)[C@@H]1CCCO1. The molecular formula is C14H16N2O6. The van der Waals surface area contributed by atoms with Gasteiger partial charge in [-0.15, -0.1) is 0 Å². The number of benzene rings is 1. The monoisotopic (exact) mass is 308 g/mol. The first kappa shape index (κ1) is 15.9. The Morgan fingerprint density at radius 3 is 2.59 bits per heavy atom. The third kappa shape index (κ3) is 4.01. The minimum atomic E-state index is -1.16. The number of non-ortho nitro benzene ring substituents is 1. The summed E-state index contributed by atoms with van der Waals surface area (Å²) in [6.45, 7) is 0.498. The highest BCUT2D eigenvalue weighted by atomic mass is 16.6. The molecule has 2 N–H and O–H groups in total. The van der Waals surface area contributed by atoms with Crippen molar-refractivity contribution in [2.24, 2.45) is 0 Å². The van der Waals surface area contributed by atoms with Crippen LogP contribution in [-0.2, 0) is 20.7 Å². The van der Waals surface area contributed by atoms with Crippen molar-refractivity contribution in [2.45, 2.75) is 31.4 Å². The molecule has 0 bridgehead atoms. The van der Waals surface area contributed by atoms with Gasteiger partial charge in [0.2, 0.25) is 5.91 Å². The second-order valence-electron chi connectivity index (χ2n) is 5.03. The van der Waals surface area contributed by atoms with E-state index in [1.165, 1.54) is 24.3 Å². The summed E-state index contributed by atoms with van der Waals surface area (Å²) >= 11 is 0. The first-order valence-corrected chi connectivity index (χ1v) is 6.85. The van der Waals surface area contributed by atoms with Gasteiger partial charge in [-0.2, -0.15) is 0 Å². The molecule has 1 aromatic carbocycles. The highest BCUT2D eigenvalue weighted by Crippen LogP contribution is 2.15. The summed E-state index contributed by atoms with van der Waals surface area (Å²) in [6.07, 6.45) is 0.804. The average Bonchev–Trinajstić information content (AvgIpc) is 3.01. The van der Waals surface area contributed by atoms with Crippen LogP contribution in [0, 0.1) is 10.1 Å². The zero-order valence-electron chi connectivity index (χ0n) is 11.7. The van der Waals surface area contributed by atoms with Crippen LogP contribution >= 0.6 is 0 Å². The molecule has 1 aromatic rings. The molecule has 0 unspecified atom stereocenters. The van der Waals surface area contributed by atoms with Gasteiger partial charge in [0.15, 0.2) is 0 Å². The summed E-state index contributed by atoms with van der Waals surface area (Å²) in [6, 6.07) is 4.46. The average molecular weight is 308 g/mol. The number of hydrogen-bond acceptors (Lipinski definition) is 5. The second-order valence-corrected chi connectivity index (χ2v) is 5.03. The van der Waals surface area contributed by atoms with Gasteiger partial charge in [0, 0.05) is 25.2 Å². The van der Waals surface area contributed by atoms with Gasteiger partial charge >= 0.3 is 5.97 Å². The number of nitro benzene ring substituents is 1. The Morgan fingerprint density at radius 2 is 2.09 bits per heavy atom. The minimum absolute atomic E-state index is 0.0474. The molecule has 1 fully saturated rings. The molecule has 2 rings (SSSR count). The fourth-order valence-electron chi connectivity index (χ4n) is 2.24. The van der Waals surface area contributed by atoms with Gasteiger partial charge in [-0.1, -0.05) is 12.1 Å². The number of rotatable bonds is 6. The number of carboxylic acid groups (broad SMARTS) is 1. The Hall–Kier alpha value is -2.48. The van der Waals surface area contributed by atoms with Gasteiger partial charge in [0.05, 0.1) is 4.92 Å². The Labute approximate surface area is 126 Å². The van der Waals surface area contributed by atoms with E-state index in [2.05, 4.69) is 5.32 Å². The van der Waals surface area contributed by atoms with Crippen LogP contribution in [0.5, 0.6) is 0 Å². The summed E-state index contributed by atoms with van der Waals surface area (Å²) in [5.41, 5.74) is 0.518. The van der Waals surface area contributed by atoms with Crippen LogP contribution in [0.1, 0.15) is 18.4 Å². The fourth-order valence-corrected chi connectivity index (χ4v) is 2.24. The number of amides is 1. The standard InChI is InChI=1S/C14H16N2O6/c17-13(12-2-1-7-22-12)15-11(14(18)19)8-9-3-5-10(6-4-9)16(20)21/h3-6,11-12H,1-2,7-8H2,(H,15,17)(H,18,19)/t11-,12-/m0/s1. The molecule has 0 aromatic heterocycles. The summed E-state index contributed by atoms with van der Waals surface area (Å²) < 4.78 is 5.21. The fraction of sp³-hybridized carbons (Fsp3) is 0.429. The molecule has 8 nitrogen and oxygen atoms in total. The van der Waals surface area contributed by atoms with Crippen molar-refractivity contribution in [1.29, 1.82) is 0 Å². The van der Waals surface area contributed by atoms with Gasteiger partial charge in [0.1, 0.15) is 12.1 Å². The number of carboxylic acids is 1. The molecular weight excluding hydrogens is 292 g/mol. The topological polar surface area (TPSA) is 119 Å². The molecule has 1 aliphatic rings. The molecule has 118 valence electrons. The number of carbonyl (C=O) groups is 2. The lowest BCUT2D eigenvalue weighted by Crippen LogP contribution is -2.46. The first-order valence-electron chi connectivity index (χ1n) is 6.85. The summed E-state index contributed by atoms with van der Waals surface area (Å²) in [4.78, 5) is 33.2. The zero-order chi connectivity index (χ0) is 16.1. The maximum atomic E-state index is 11.9. The van der Waals surface area contributed by atoms with Crippen LogP contribution < -0.4 is 5.32 Å². The highest BCUT2D eigenvalue weighted by Gasteiger charge is 2.28. The van der Waals surface area contributed by atoms with Crippen molar-refractivity contribution in [1.82, 2.24) is 5.32 Å². The molecule has 1 heterocycles. The molecule has 22 heavy (non-hydrogen) atoms. The van der Waals surface area contributed by atoms with Gasteiger partial charge in [0.25, 0.3) is 5.69 Å². The summed E-state index contributed by atoms with van der Waals surface area (Å²) in [5, 5.41) is 22.2. The Morgan fingerprint density at radius 1 is 1.41 bits per heavy atom. The largest absolute Gasteiger partial charge is 0.480 e.